The maximum atomic E-state index is 12.7. The molecular weight excluding hydrogens is 330 g/mol. The van der Waals surface area contributed by atoms with Crippen LogP contribution in [0.3, 0.4) is 0 Å². The monoisotopic (exact) mass is 355 g/mol. The first kappa shape index (κ1) is 16.8. The van der Waals surface area contributed by atoms with E-state index in [9.17, 15) is 8.42 Å². The van der Waals surface area contributed by atoms with Crippen molar-refractivity contribution in [3.8, 4) is 0 Å². The van der Waals surface area contributed by atoms with Gasteiger partial charge in [0.05, 0.1) is 10.6 Å². The van der Waals surface area contributed by atoms with Gasteiger partial charge in [0, 0.05) is 12.0 Å². The third-order valence-corrected chi connectivity index (χ3v) is 7.56. The highest BCUT2D eigenvalue weighted by atomic mass is 32.2. The summed E-state index contributed by atoms with van der Waals surface area (Å²) < 4.78 is 25.5. The Morgan fingerprint density at radius 3 is 2.28 bits per heavy atom. The summed E-state index contributed by atoms with van der Waals surface area (Å²) >= 11 is 0. The zero-order chi connectivity index (χ0) is 17.7. The third-order valence-electron chi connectivity index (χ3n) is 5.85. The summed E-state index contributed by atoms with van der Waals surface area (Å²) in [6, 6.07) is 15.5. The number of benzene rings is 2. The van der Waals surface area contributed by atoms with Gasteiger partial charge in [-0.2, -0.15) is 0 Å². The molecule has 2 aromatic carbocycles. The predicted molar refractivity (Wildman–Crippen MR) is 101 cm³/mol. The van der Waals surface area contributed by atoms with E-state index in [-0.39, 0.29) is 11.2 Å². The lowest BCUT2D eigenvalue weighted by Crippen LogP contribution is -2.19. The van der Waals surface area contributed by atoms with Crippen LogP contribution in [0.15, 0.2) is 53.4 Å². The molecule has 0 bridgehead atoms. The second-order valence-electron chi connectivity index (χ2n) is 7.87. The Labute approximate surface area is 150 Å². The molecule has 0 spiro atoms. The van der Waals surface area contributed by atoms with Crippen LogP contribution < -0.4 is 5.32 Å². The molecule has 25 heavy (non-hydrogen) atoms. The van der Waals surface area contributed by atoms with Gasteiger partial charge in [0.15, 0.2) is 9.84 Å². The molecule has 1 N–H and O–H groups in total. The van der Waals surface area contributed by atoms with Crippen molar-refractivity contribution in [2.45, 2.75) is 42.2 Å². The topological polar surface area (TPSA) is 46.2 Å². The number of fused-ring (bicyclic) bond motifs is 1. The Balaban J connectivity index is 1.52. The van der Waals surface area contributed by atoms with Crippen LogP contribution in [0, 0.1) is 5.92 Å². The summed E-state index contributed by atoms with van der Waals surface area (Å²) in [5.41, 5.74) is 3.63. The van der Waals surface area contributed by atoms with Crippen LogP contribution in [0.5, 0.6) is 0 Å². The summed E-state index contributed by atoms with van der Waals surface area (Å²) in [6.07, 6.45) is 1.23. The number of nitrogens with one attached hydrogen (secondary N) is 1. The van der Waals surface area contributed by atoms with E-state index in [1.165, 1.54) is 17.5 Å². The Morgan fingerprint density at radius 1 is 1.08 bits per heavy atom. The van der Waals surface area contributed by atoms with E-state index in [1.54, 1.807) is 12.1 Å². The fourth-order valence-corrected chi connectivity index (χ4v) is 5.43. The van der Waals surface area contributed by atoms with Crippen molar-refractivity contribution in [2.24, 2.45) is 5.92 Å². The van der Waals surface area contributed by atoms with Crippen LogP contribution in [0.4, 0.5) is 0 Å². The van der Waals surface area contributed by atoms with Crippen molar-refractivity contribution in [3.63, 3.8) is 0 Å². The Bertz CT molecular complexity index is 869. The molecule has 1 saturated heterocycles. The van der Waals surface area contributed by atoms with E-state index < -0.39 is 9.84 Å². The molecule has 1 aliphatic heterocycles. The zero-order valence-corrected chi connectivity index (χ0v) is 15.6. The first-order valence-corrected chi connectivity index (χ1v) is 10.7. The van der Waals surface area contributed by atoms with E-state index >= 15 is 0 Å². The maximum absolute atomic E-state index is 12.7. The molecular formula is C21H25NO2S. The molecule has 2 aliphatic rings. The highest BCUT2D eigenvalue weighted by Crippen LogP contribution is 2.56. The summed E-state index contributed by atoms with van der Waals surface area (Å²) in [5.74, 6) is 1.24. The molecule has 1 heterocycles. The summed E-state index contributed by atoms with van der Waals surface area (Å²) in [5, 5.41) is 3.43. The second-order valence-corrected chi connectivity index (χ2v) is 9.86. The molecule has 3 nitrogen and oxygen atoms in total. The van der Waals surface area contributed by atoms with Gasteiger partial charge in [-0.1, -0.05) is 50.2 Å². The molecule has 0 aromatic heterocycles. The van der Waals surface area contributed by atoms with Crippen molar-refractivity contribution in [3.05, 3.63) is 65.2 Å². The smallest absolute Gasteiger partial charge is 0.182 e. The van der Waals surface area contributed by atoms with Crippen molar-refractivity contribution < 1.29 is 8.42 Å². The maximum Gasteiger partial charge on any atom is 0.182 e. The molecule has 4 rings (SSSR count). The largest absolute Gasteiger partial charge is 0.316 e. The van der Waals surface area contributed by atoms with Gasteiger partial charge in [-0.05, 0) is 53.6 Å². The number of rotatable bonds is 5. The van der Waals surface area contributed by atoms with Gasteiger partial charge in [-0.15, -0.1) is 0 Å². The number of hydrogen-bond acceptors (Lipinski definition) is 3. The minimum Gasteiger partial charge on any atom is -0.316 e. The van der Waals surface area contributed by atoms with Gasteiger partial charge in [0.25, 0.3) is 0 Å². The molecule has 2 aromatic rings. The zero-order valence-electron chi connectivity index (χ0n) is 14.8. The van der Waals surface area contributed by atoms with Crippen LogP contribution in [-0.2, 0) is 21.0 Å². The average molecular weight is 356 g/mol. The molecule has 0 radical (unpaired) electrons. The molecule has 2 fully saturated rings. The standard InChI is InChI=1S/C21H25NO2S/c1-15(2)17-5-3-16(4-6-17)13-25(23,24)20-9-7-18(8-10-20)21-11-19(21)12-22-14-21/h3-10,15,19,22H,11-14H2,1-2H3. The number of piperidine rings is 1. The predicted octanol–water partition coefficient (Wildman–Crippen LogP) is 3.64. The molecule has 0 amide bonds. The fourth-order valence-electron chi connectivity index (χ4n) is 4.09. The lowest BCUT2D eigenvalue weighted by molar-refractivity contribution is 0.595. The minimum atomic E-state index is -3.31. The second kappa shape index (κ2) is 5.96. The van der Waals surface area contributed by atoms with Crippen LogP contribution in [-0.4, -0.2) is 21.5 Å². The van der Waals surface area contributed by atoms with Gasteiger partial charge in [0.2, 0.25) is 0 Å². The van der Waals surface area contributed by atoms with Crippen LogP contribution in [0.1, 0.15) is 42.9 Å². The van der Waals surface area contributed by atoms with E-state index in [2.05, 4.69) is 19.2 Å². The van der Waals surface area contributed by atoms with E-state index in [1.807, 2.05) is 36.4 Å². The lowest BCUT2D eigenvalue weighted by Gasteiger charge is -2.13. The van der Waals surface area contributed by atoms with Gasteiger partial charge in [-0.25, -0.2) is 8.42 Å². The van der Waals surface area contributed by atoms with E-state index in [4.69, 9.17) is 0 Å². The van der Waals surface area contributed by atoms with Crippen molar-refractivity contribution >= 4 is 9.84 Å². The molecule has 1 saturated carbocycles. The first-order chi connectivity index (χ1) is 11.9. The quantitative estimate of drug-likeness (QED) is 0.891. The molecule has 2 atom stereocenters. The van der Waals surface area contributed by atoms with Crippen LogP contribution in [0.2, 0.25) is 0 Å². The van der Waals surface area contributed by atoms with Crippen molar-refractivity contribution in [1.29, 1.82) is 0 Å². The molecule has 4 heteroatoms. The average Bonchev–Trinajstić information content (AvgIpc) is 3.16. The van der Waals surface area contributed by atoms with Gasteiger partial charge in [0.1, 0.15) is 0 Å². The number of hydrogen-bond donors (Lipinski definition) is 1. The van der Waals surface area contributed by atoms with E-state index in [0.717, 1.165) is 24.6 Å². The lowest BCUT2D eigenvalue weighted by atomic mass is 9.95. The molecule has 1 aliphatic carbocycles. The molecule has 2 unspecified atom stereocenters. The van der Waals surface area contributed by atoms with Crippen LogP contribution in [0.25, 0.3) is 0 Å². The Morgan fingerprint density at radius 2 is 1.76 bits per heavy atom. The Kier molecular flexibility index (Phi) is 4.00. The summed E-state index contributed by atoms with van der Waals surface area (Å²) in [7, 11) is -3.31. The highest BCUT2D eigenvalue weighted by Gasteiger charge is 2.57. The Hall–Kier alpha value is -1.65. The normalized spacial score (nSPS) is 25.2. The minimum absolute atomic E-state index is 0.0556. The van der Waals surface area contributed by atoms with E-state index in [0.29, 0.717) is 10.8 Å². The first-order valence-electron chi connectivity index (χ1n) is 9.04. The summed E-state index contributed by atoms with van der Waals surface area (Å²) in [6.45, 7) is 6.38. The summed E-state index contributed by atoms with van der Waals surface area (Å²) in [4.78, 5) is 0.420. The highest BCUT2D eigenvalue weighted by molar-refractivity contribution is 7.90. The van der Waals surface area contributed by atoms with Crippen molar-refractivity contribution in [1.82, 2.24) is 5.32 Å². The van der Waals surface area contributed by atoms with Gasteiger partial charge >= 0.3 is 0 Å². The van der Waals surface area contributed by atoms with Crippen LogP contribution >= 0.6 is 0 Å². The SMILES string of the molecule is CC(C)c1ccc(CS(=O)(=O)c2ccc(C34CNCC3C4)cc2)cc1. The number of sulfone groups is 1. The molecule has 132 valence electrons. The van der Waals surface area contributed by atoms with Gasteiger partial charge < -0.3 is 5.32 Å². The van der Waals surface area contributed by atoms with Gasteiger partial charge in [-0.3, -0.25) is 0 Å². The fraction of sp³-hybridized carbons (Fsp3) is 0.429. The third kappa shape index (κ3) is 3.02. The van der Waals surface area contributed by atoms with Crippen molar-refractivity contribution in [2.75, 3.05) is 13.1 Å².